The molecule has 0 unspecified atom stereocenters. The van der Waals surface area contributed by atoms with Crippen LogP contribution in [0, 0.1) is 0 Å². The molecule has 0 spiro atoms. The minimum absolute atomic E-state index is 0.00506. The number of unbranched alkanes of at least 4 members (excludes halogenated alkanes) is 1. The summed E-state index contributed by atoms with van der Waals surface area (Å²) < 4.78 is 3.86. The van der Waals surface area contributed by atoms with Crippen molar-refractivity contribution in [1.82, 2.24) is 14.8 Å². The predicted octanol–water partition coefficient (Wildman–Crippen LogP) is 5.80. The molecular formula is C23H30ClN3OS. The number of fused-ring (bicyclic) bond motifs is 1. The van der Waals surface area contributed by atoms with E-state index in [0.29, 0.717) is 6.54 Å². The maximum Gasteiger partial charge on any atom is 0.267 e. The van der Waals surface area contributed by atoms with E-state index in [-0.39, 0.29) is 5.91 Å². The molecule has 0 fully saturated rings. The molecule has 0 aliphatic carbocycles. The van der Waals surface area contributed by atoms with E-state index in [0.717, 1.165) is 52.8 Å². The summed E-state index contributed by atoms with van der Waals surface area (Å²) in [6, 6.07) is 14.5. The zero-order valence-corrected chi connectivity index (χ0v) is 18.9. The fraction of sp³-hybridized carbons (Fsp3) is 0.435. The lowest BCUT2D eigenvalue weighted by Crippen LogP contribution is -2.31. The van der Waals surface area contributed by atoms with Crippen LogP contribution < -0.4 is 5.32 Å². The van der Waals surface area contributed by atoms with Crippen LogP contribution in [0.4, 0.5) is 0 Å². The minimum Gasteiger partial charge on any atom is -0.351 e. The maximum absolute atomic E-state index is 12.7. The first-order valence-corrected chi connectivity index (χ1v) is 11.6. The van der Waals surface area contributed by atoms with Crippen molar-refractivity contribution in [2.75, 3.05) is 19.6 Å². The summed E-state index contributed by atoms with van der Waals surface area (Å²) in [4.78, 5) is 15.2. The number of carbonyl (C=O) groups excluding carboxylic acids is 1. The monoisotopic (exact) mass is 431 g/mol. The molecule has 3 rings (SSSR count). The highest BCUT2D eigenvalue weighted by Crippen LogP contribution is 2.32. The van der Waals surface area contributed by atoms with E-state index in [9.17, 15) is 4.79 Å². The number of carbonyl (C=O) groups is 1. The number of nitrogens with one attached hydrogen (secondary N) is 1. The van der Waals surface area contributed by atoms with Gasteiger partial charge in [0.15, 0.2) is 0 Å². The summed E-state index contributed by atoms with van der Waals surface area (Å²) >= 11 is 7.63. The van der Waals surface area contributed by atoms with Crippen LogP contribution in [0.3, 0.4) is 0 Å². The zero-order valence-electron chi connectivity index (χ0n) is 17.3. The lowest BCUT2D eigenvalue weighted by Gasteiger charge is -2.22. The molecule has 4 nitrogen and oxygen atoms in total. The van der Waals surface area contributed by atoms with Crippen LogP contribution in [0.2, 0.25) is 4.34 Å². The molecule has 0 aliphatic heterocycles. The van der Waals surface area contributed by atoms with Gasteiger partial charge in [0.2, 0.25) is 0 Å². The van der Waals surface area contributed by atoms with Gasteiger partial charge in [0.05, 0.1) is 14.6 Å². The van der Waals surface area contributed by atoms with E-state index >= 15 is 0 Å². The first-order valence-electron chi connectivity index (χ1n) is 10.5. The Hall–Kier alpha value is -1.82. The second-order valence-electron chi connectivity index (χ2n) is 7.30. The van der Waals surface area contributed by atoms with Gasteiger partial charge in [-0.2, -0.15) is 0 Å². The number of benzene rings is 1. The number of aromatic nitrogens is 1. The van der Waals surface area contributed by atoms with Gasteiger partial charge in [-0.25, -0.2) is 0 Å². The maximum atomic E-state index is 12.7. The Labute approximate surface area is 182 Å². The topological polar surface area (TPSA) is 37.3 Å². The summed E-state index contributed by atoms with van der Waals surface area (Å²) in [6.45, 7) is 8.74. The van der Waals surface area contributed by atoms with Crippen molar-refractivity contribution in [2.45, 2.75) is 46.2 Å². The van der Waals surface area contributed by atoms with Gasteiger partial charge in [0, 0.05) is 26.2 Å². The molecule has 0 saturated carbocycles. The number of nitrogens with zero attached hydrogens (tertiary/aromatic N) is 2. The molecule has 1 aromatic carbocycles. The second kappa shape index (κ2) is 10.8. The molecule has 0 bridgehead atoms. The Balaban J connectivity index is 1.52. The summed E-state index contributed by atoms with van der Waals surface area (Å²) in [5, 5.41) is 3.10. The van der Waals surface area contributed by atoms with E-state index in [1.54, 1.807) is 0 Å². The van der Waals surface area contributed by atoms with E-state index in [2.05, 4.69) is 54.4 Å². The van der Waals surface area contributed by atoms with Crippen LogP contribution in [0.25, 0.3) is 10.2 Å². The Morgan fingerprint density at radius 1 is 1.14 bits per heavy atom. The second-order valence-corrected chi connectivity index (χ2v) is 9.01. The fourth-order valence-corrected chi connectivity index (χ4v) is 4.81. The zero-order chi connectivity index (χ0) is 20.6. The van der Waals surface area contributed by atoms with Crippen LogP contribution in [0.15, 0.2) is 42.5 Å². The van der Waals surface area contributed by atoms with Gasteiger partial charge in [0.1, 0.15) is 5.69 Å². The number of thiophene rings is 1. The minimum atomic E-state index is -0.00506. The number of amides is 1. The highest BCUT2D eigenvalue weighted by atomic mass is 35.5. The standard InChI is InChI=1S/C23H30ClN3OS/c1-3-5-13-26(17-18-10-7-6-8-11-18)14-9-12-25-23(28)20-15-21-19(27(20)4-2)16-22(24)29-21/h6-8,10-11,15-16H,3-5,9,12-14,17H2,1-2H3,(H,25,28). The normalized spacial score (nSPS) is 11.4. The SMILES string of the molecule is CCCCN(CCCNC(=O)c1cc2sc(Cl)cc2n1CC)Cc1ccccc1. The number of halogens is 1. The number of rotatable bonds is 11. The molecule has 29 heavy (non-hydrogen) atoms. The third-order valence-electron chi connectivity index (χ3n) is 5.12. The fourth-order valence-electron chi connectivity index (χ4n) is 3.63. The van der Waals surface area contributed by atoms with E-state index in [4.69, 9.17) is 11.6 Å². The van der Waals surface area contributed by atoms with Crippen LogP contribution in [0.5, 0.6) is 0 Å². The summed E-state index contributed by atoms with van der Waals surface area (Å²) in [7, 11) is 0. The Kier molecular flexibility index (Phi) is 8.16. The third kappa shape index (κ3) is 5.84. The number of aryl methyl sites for hydroxylation is 1. The lowest BCUT2D eigenvalue weighted by atomic mass is 10.2. The molecule has 6 heteroatoms. The highest BCUT2D eigenvalue weighted by Gasteiger charge is 2.16. The summed E-state index contributed by atoms with van der Waals surface area (Å²) in [5.41, 5.74) is 3.10. The molecule has 2 aromatic heterocycles. The van der Waals surface area contributed by atoms with Crippen molar-refractivity contribution >= 4 is 39.1 Å². The number of hydrogen-bond acceptors (Lipinski definition) is 3. The van der Waals surface area contributed by atoms with Crippen molar-refractivity contribution in [3.05, 3.63) is 58.1 Å². The van der Waals surface area contributed by atoms with Crippen LogP contribution in [0.1, 0.15) is 49.2 Å². The largest absolute Gasteiger partial charge is 0.351 e. The smallest absolute Gasteiger partial charge is 0.267 e. The first kappa shape index (κ1) is 21.9. The summed E-state index contributed by atoms with van der Waals surface area (Å²) in [5.74, 6) is -0.00506. The molecule has 0 atom stereocenters. The molecule has 3 aromatic rings. The van der Waals surface area contributed by atoms with Gasteiger partial charge in [-0.15, -0.1) is 11.3 Å². The van der Waals surface area contributed by atoms with E-state index in [1.165, 1.54) is 29.7 Å². The van der Waals surface area contributed by atoms with Crippen molar-refractivity contribution in [3.63, 3.8) is 0 Å². The molecule has 0 aliphatic rings. The van der Waals surface area contributed by atoms with E-state index in [1.807, 2.05) is 16.7 Å². The average molecular weight is 432 g/mol. The van der Waals surface area contributed by atoms with Gasteiger partial charge in [-0.1, -0.05) is 55.3 Å². The van der Waals surface area contributed by atoms with Gasteiger partial charge < -0.3 is 9.88 Å². The van der Waals surface area contributed by atoms with Crippen molar-refractivity contribution in [2.24, 2.45) is 0 Å². The van der Waals surface area contributed by atoms with Crippen LogP contribution in [-0.2, 0) is 13.1 Å². The summed E-state index contributed by atoms with van der Waals surface area (Å²) in [6.07, 6.45) is 3.33. The quantitative estimate of drug-likeness (QED) is 0.389. The van der Waals surface area contributed by atoms with Crippen molar-refractivity contribution in [1.29, 1.82) is 0 Å². The molecular weight excluding hydrogens is 402 g/mol. The Bertz CT molecular complexity index is 919. The van der Waals surface area contributed by atoms with Gasteiger partial charge in [-0.3, -0.25) is 9.69 Å². The average Bonchev–Trinajstić information content (AvgIpc) is 3.25. The van der Waals surface area contributed by atoms with Gasteiger partial charge in [0.25, 0.3) is 5.91 Å². The molecule has 0 saturated heterocycles. The Morgan fingerprint density at radius 3 is 2.62 bits per heavy atom. The van der Waals surface area contributed by atoms with Crippen molar-refractivity contribution in [3.8, 4) is 0 Å². The van der Waals surface area contributed by atoms with Crippen LogP contribution in [-0.4, -0.2) is 35.0 Å². The van der Waals surface area contributed by atoms with Crippen LogP contribution >= 0.6 is 22.9 Å². The molecule has 2 heterocycles. The Morgan fingerprint density at radius 2 is 1.90 bits per heavy atom. The van der Waals surface area contributed by atoms with Crippen molar-refractivity contribution < 1.29 is 4.79 Å². The lowest BCUT2D eigenvalue weighted by molar-refractivity contribution is 0.0942. The molecule has 0 radical (unpaired) electrons. The van der Waals surface area contributed by atoms with E-state index < -0.39 is 0 Å². The predicted molar refractivity (Wildman–Crippen MR) is 124 cm³/mol. The first-order chi connectivity index (χ1) is 14.1. The number of hydrogen-bond donors (Lipinski definition) is 1. The highest BCUT2D eigenvalue weighted by molar-refractivity contribution is 7.22. The molecule has 1 N–H and O–H groups in total. The van der Waals surface area contributed by atoms with Gasteiger partial charge >= 0.3 is 0 Å². The third-order valence-corrected chi connectivity index (χ3v) is 6.32. The molecule has 156 valence electrons. The van der Waals surface area contributed by atoms with Gasteiger partial charge in [-0.05, 0) is 44.0 Å². The molecule has 1 amide bonds.